The summed E-state index contributed by atoms with van der Waals surface area (Å²) in [5, 5.41) is 0. The van der Waals surface area contributed by atoms with E-state index in [0.29, 0.717) is 5.56 Å². The molecule has 0 saturated carbocycles. The van der Waals surface area contributed by atoms with Gasteiger partial charge in [-0.05, 0) is 31.0 Å². The topological polar surface area (TPSA) is 3.88 Å². The average molecular weight is 302 g/mol. The van der Waals surface area contributed by atoms with Crippen LogP contribution in [-0.4, -0.2) is 0 Å². The molecule has 0 bridgehead atoms. The van der Waals surface area contributed by atoms with E-state index in [4.69, 9.17) is 0 Å². The number of rotatable bonds is 2. The van der Waals surface area contributed by atoms with E-state index in [1.165, 1.54) is 6.07 Å². The number of benzene rings is 1. The van der Waals surface area contributed by atoms with Gasteiger partial charge in [0.15, 0.2) is 11.7 Å². The molecule has 3 heteroatoms. The molecule has 0 amide bonds. The van der Waals surface area contributed by atoms with Crippen LogP contribution in [0.1, 0.15) is 46.1 Å². The molecule has 1 nitrogen and oxygen atoms in total. The summed E-state index contributed by atoms with van der Waals surface area (Å²) in [6.45, 7) is 8.54. The SMILES string of the molecule is CCC1(C)c2cc(F)cc(F)c2-c2cccc[n+]2C1(C)CC. The van der Waals surface area contributed by atoms with E-state index < -0.39 is 11.6 Å². The second-order valence-corrected chi connectivity index (χ2v) is 6.58. The minimum atomic E-state index is -0.501. The molecule has 0 aliphatic carbocycles. The van der Waals surface area contributed by atoms with Crippen LogP contribution in [0.5, 0.6) is 0 Å². The van der Waals surface area contributed by atoms with Gasteiger partial charge in [-0.1, -0.05) is 13.8 Å². The molecule has 116 valence electrons. The smallest absolute Gasteiger partial charge is 0.207 e. The standard InChI is InChI=1S/C19H22F2N/c1-5-18(3)14-11-13(20)12-15(21)17(14)16-9-7-8-10-22(16)19(18,4)6-2/h7-12H,5-6H2,1-4H3/q+1. The third-order valence-electron chi connectivity index (χ3n) is 5.88. The number of fused-ring (bicyclic) bond motifs is 3. The molecule has 0 saturated heterocycles. The van der Waals surface area contributed by atoms with Crippen LogP contribution in [0.3, 0.4) is 0 Å². The maximum absolute atomic E-state index is 14.6. The third kappa shape index (κ3) is 1.71. The molecule has 1 aromatic heterocycles. The van der Waals surface area contributed by atoms with Crippen LogP contribution in [0.4, 0.5) is 8.78 Å². The number of hydrogen-bond acceptors (Lipinski definition) is 0. The van der Waals surface area contributed by atoms with Crippen LogP contribution in [0, 0.1) is 11.6 Å². The lowest BCUT2D eigenvalue weighted by molar-refractivity contribution is -0.765. The zero-order chi connectivity index (χ0) is 16.1. The highest BCUT2D eigenvalue weighted by atomic mass is 19.1. The lowest BCUT2D eigenvalue weighted by Gasteiger charge is -2.46. The Hall–Kier alpha value is -1.77. The average Bonchev–Trinajstić information content (AvgIpc) is 2.51. The van der Waals surface area contributed by atoms with Gasteiger partial charge in [0.25, 0.3) is 0 Å². The van der Waals surface area contributed by atoms with Gasteiger partial charge in [0.1, 0.15) is 11.6 Å². The van der Waals surface area contributed by atoms with Crippen molar-refractivity contribution in [3.05, 3.63) is 53.7 Å². The molecule has 22 heavy (non-hydrogen) atoms. The van der Waals surface area contributed by atoms with Crippen molar-refractivity contribution < 1.29 is 13.3 Å². The van der Waals surface area contributed by atoms with E-state index in [2.05, 4.69) is 32.3 Å². The third-order valence-corrected chi connectivity index (χ3v) is 5.88. The molecule has 3 rings (SSSR count). The van der Waals surface area contributed by atoms with Gasteiger partial charge in [-0.25, -0.2) is 8.78 Å². The van der Waals surface area contributed by atoms with Gasteiger partial charge in [-0.3, -0.25) is 0 Å². The normalized spacial score (nSPS) is 26.5. The predicted octanol–water partition coefficient (Wildman–Crippen LogP) is 4.73. The molecule has 0 fully saturated rings. The highest BCUT2D eigenvalue weighted by Crippen LogP contribution is 2.50. The molecule has 2 atom stereocenters. The van der Waals surface area contributed by atoms with Crippen LogP contribution in [0.25, 0.3) is 11.3 Å². The highest BCUT2D eigenvalue weighted by molar-refractivity contribution is 5.66. The summed E-state index contributed by atoms with van der Waals surface area (Å²) in [6.07, 6.45) is 3.71. The highest BCUT2D eigenvalue weighted by Gasteiger charge is 2.56. The summed E-state index contributed by atoms with van der Waals surface area (Å²) in [6, 6.07) is 8.30. The fourth-order valence-electron chi connectivity index (χ4n) is 4.03. The van der Waals surface area contributed by atoms with Crippen LogP contribution >= 0.6 is 0 Å². The summed E-state index contributed by atoms with van der Waals surface area (Å²) < 4.78 is 30.7. The lowest BCUT2D eigenvalue weighted by Crippen LogP contribution is -2.67. The molecular weight excluding hydrogens is 280 g/mol. The van der Waals surface area contributed by atoms with Crippen molar-refractivity contribution in [3.8, 4) is 11.3 Å². The van der Waals surface area contributed by atoms with Gasteiger partial charge in [-0.2, -0.15) is 4.57 Å². The Balaban J connectivity index is 2.49. The van der Waals surface area contributed by atoms with E-state index in [1.54, 1.807) is 0 Å². The van der Waals surface area contributed by atoms with Crippen molar-refractivity contribution in [2.45, 2.75) is 51.5 Å². The fraction of sp³-hybridized carbons (Fsp3) is 0.421. The van der Waals surface area contributed by atoms with Gasteiger partial charge in [0.05, 0.1) is 11.0 Å². The van der Waals surface area contributed by atoms with Gasteiger partial charge in [0.2, 0.25) is 5.69 Å². The summed E-state index contributed by atoms with van der Waals surface area (Å²) in [7, 11) is 0. The Labute approximate surface area is 130 Å². The first-order valence-electron chi connectivity index (χ1n) is 7.90. The van der Waals surface area contributed by atoms with Crippen molar-refractivity contribution in [1.82, 2.24) is 0 Å². The van der Waals surface area contributed by atoms with Crippen molar-refractivity contribution in [3.63, 3.8) is 0 Å². The summed E-state index contributed by atoms with van der Waals surface area (Å²) in [4.78, 5) is 0. The summed E-state index contributed by atoms with van der Waals surface area (Å²) >= 11 is 0. The minimum absolute atomic E-state index is 0.231. The number of nitrogens with zero attached hydrogens (tertiary/aromatic N) is 1. The Bertz CT molecular complexity index is 740. The van der Waals surface area contributed by atoms with E-state index in [1.807, 2.05) is 24.4 Å². The molecule has 2 heterocycles. The maximum Gasteiger partial charge on any atom is 0.216 e. The number of pyridine rings is 1. The Morgan fingerprint density at radius 2 is 1.77 bits per heavy atom. The van der Waals surface area contributed by atoms with Gasteiger partial charge in [0, 0.05) is 31.5 Å². The van der Waals surface area contributed by atoms with Crippen molar-refractivity contribution >= 4 is 0 Å². The number of aromatic nitrogens is 1. The molecule has 2 aromatic rings. The fourth-order valence-corrected chi connectivity index (χ4v) is 4.03. The summed E-state index contributed by atoms with van der Waals surface area (Å²) in [5.74, 6) is -0.980. The largest absolute Gasteiger partial charge is 0.216 e. The van der Waals surface area contributed by atoms with Crippen molar-refractivity contribution in [1.29, 1.82) is 0 Å². The van der Waals surface area contributed by atoms with Crippen LogP contribution in [0.2, 0.25) is 0 Å². The van der Waals surface area contributed by atoms with Crippen LogP contribution in [-0.2, 0) is 11.0 Å². The molecular formula is C19H22F2N+. The first-order chi connectivity index (χ1) is 10.4. The molecule has 1 aliphatic rings. The first kappa shape index (κ1) is 15.1. The predicted molar refractivity (Wildman–Crippen MR) is 83.6 cm³/mol. The second kappa shape index (κ2) is 4.87. The summed E-state index contributed by atoms with van der Waals surface area (Å²) in [5.41, 5.74) is 1.58. The number of halogens is 2. The molecule has 0 spiro atoms. The van der Waals surface area contributed by atoms with Crippen LogP contribution in [0.15, 0.2) is 36.5 Å². The van der Waals surface area contributed by atoms with E-state index in [9.17, 15) is 8.78 Å². The van der Waals surface area contributed by atoms with Gasteiger partial charge < -0.3 is 0 Å². The maximum atomic E-state index is 14.6. The second-order valence-electron chi connectivity index (χ2n) is 6.58. The van der Waals surface area contributed by atoms with E-state index in [-0.39, 0.29) is 11.0 Å². The molecule has 0 radical (unpaired) electrons. The molecule has 1 aliphatic heterocycles. The first-order valence-corrected chi connectivity index (χ1v) is 7.90. The van der Waals surface area contributed by atoms with Gasteiger partial charge >= 0.3 is 0 Å². The Morgan fingerprint density at radius 1 is 1.05 bits per heavy atom. The van der Waals surface area contributed by atoms with Crippen LogP contribution < -0.4 is 4.57 Å². The van der Waals surface area contributed by atoms with Crippen molar-refractivity contribution in [2.75, 3.05) is 0 Å². The number of hydrogen-bond donors (Lipinski definition) is 0. The zero-order valence-corrected chi connectivity index (χ0v) is 13.6. The lowest BCUT2D eigenvalue weighted by atomic mass is 9.60. The molecule has 1 aromatic carbocycles. The van der Waals surface area contributed by atoms with E-state index in [0.717, 1.165) is 30.2 Å². The van der Waals surface area contributed by atoms with Gasteiger partial charge in [-0.15, -0.1) is 0 Å². The van der Waals surface area contributed by atoms with E-state index >= 15 is 0 Å². The van der Waals surface area contributed by atoms with Crippen molar-refractivity contribution in [2.24, 2.45) is 0 Å². The zero-order valence-electron chi connectivity index (χ0n) is 13.6. The Kier molecular flexibility index (Phi) is 3.35. The molecule has 0 N–H and O–H groups in total. The minimum Gasteiger partial charge on any atom is -0.207 e. The molecule has 2 unspecified atom stereocenters. The Morgan fingerprint density at radius 3 is 2.41 bits per heavy atom. The monoisotopic (exact) mass is 302 g/mol. The quantitative estimate of drug-likeness (QED) is 0.706.